The Morgan fingerprint density at radius 1 is 1.77 bits per heavy atom. The quantitative estimate of drug-likeness (QED) is 0.687. The van der Waals surface area contributed by atoms with Crippen LogP contribution in [0.4, 0.5) is 0 Å². The summed E-state index contributed by atoms with van der Waals surface area (Å²) in [6.07, 6.45) is 6.87. The van der Waals surface area contributed by atoms with Gasteiger partial charge in [0, 0.05) is 19.3 Å². The van der Waals surface area contributed by atoms with Gasteiger partial charge < -0.3 is 5.32 Å². The molecule has 3 heteroatoms. The van der Waals surface area contributed by atoms with Crippen molar-refractivity contribution < 1.29 is 0 Å². The molecule has 13 heavy (non-hydrogen) atoms. The van der Waals surface area contributed by atoms with Gasteiger partial charge >= 0.3 is 0 Å². The SMILES string of the molecule is C=CC(C)NCCc1cnn(C)c1. The summed E-state index contributed by atoms with van der Waals surface area (Å²) in [5.41, 5.74) is 1.27. The van der Waals surface area contributed by atoms with Crippen molar-refractivity contribution in [1.29, 1.82) is 0 Å². The first-order valence-electron chi connectivity index (χ1n) is 4.56. The molecule has 1 aromatic rings. The third kappa shape index (κ3) is 3.42. The predicted octanol–water partition coefficient (Wildman–Crippen LogP) is 1.13. The molecule has 0 bridgehead atoms. The third-order valence-corrected chi connectivity index (χ3v) is 1.99. The molecular formula is C10H17N3. The molecule has 0 aromatic carbocycles. The molecule has 0 saturated heterocycles. The van der Waals surface area contributed by atoms with Crippen LogP contribution >= 0.6 is 0 Å². The summed E-state index contributed by atoms with van der Waals surface area (Å²) >= 11 is 0. The van der Waals surface area contributed by atoms with Gasteiger partial charge in [-0.3, -0.25) is 4.68 Å². The highest BCUT2D eigenvalue weighted by atomic mass is 15.2. The largest absolute Gasteiger partial charge is 0.310 e. The highest BCUT2D eigenvalue weighted by Crippen LogP contribution is 1.96. The smallest absolute Gasteiger partial charge is 0.0522 e. The molecule has 3 nitrogen and oxygen atoms in total. The number of rotatable bonds is 5. The van der Waals surface area contributed by atoms with Gasteiger partial charge in [-0.2, -0.15) is 5.10 Å². The van der Waals surface area contributed by atoms with Crippen LogP contribution in [-0.4, -0.2) is 22.4 Å². The summed E-state index contributed by atoms with van der Waals surface area (Å²) in [4.78, 5) is 0. The first kappa shape index (κ1) is 9.99. The Kier molecular flexibility index (Phi) is 3.71. The maximum absolute atomic E-state index is 4.10. The van der Waals surface area contributed by atoms with Gasteiger partial charge in [0.2, 0.25) is 0 Å². The van der Waals surface area contributed by atoms with Crippen molar-refractivity contribution in [2.24, 2.45) is 7.05 Å². The minimum absolute atomic E-state index is 0.386. The summed E-state index contributed by atoms with van der Waals surface area (Å²) in [5, 5.41) is 7.44. The van der Waals surface area contributed by atoms with E-state index >= 15 is 0 Å². The summed E-state index contributed by atoms with van der Waals surface area (Å²) in [6, 6.07) is 0.386. The molecule has 0 fully saturated rings. The Labute approximate surface area is 79.5 Å². The van der Waals surface area contributed by atoms with E-state index in [1.807, 2.05) is 30.2 Å². The summed E-state index contributed by atoms with van der Waals surface area (Å²) in [7, 11) is 1.93. The standard InChI is InChI=1S/C10H17N3/c1-4-9(2)11-6-5-10-7-12-13(3)8-10/h4,7-9,11H,1,5-6H2,2-3H3. The molecule has 0 aliphatic heterocycles. The minimum atomic E-state index is 0.386. The molecule has 1 unspecified atom stereocenters. The van der Waals surface area contributed by atoms with E-state index in [0.29, 0.717) is 6.04 Å². The molecule has 1 aromatic heterocycles. The molecule has 72 valence electrons. The molecule has 0 aliphatic rings. The van der Waals surface area contributed by atoms with E-state index in [1.54, 1.807) is 0 Å². The lowest BCUT2D eigenvalue weighted by atomic mass is 10.2. The molecule has 1 atom stereocenters. The van der Waals surface area contributed by atoms with Crippen molar-refractivity contribution >= 4 is 0 Å². The van der Waals surface area contributed by atoms with E-state index in [4.69, 9.17) is 0 Å². The Hall–Kier alpha value is -1.09. The topological polar surface area (TPSA) is 29.9 Å². The van der Waals surface area contributed by atoms with Crippen LogP contribution in [0, 0.1) is 0 Å². The molecule has 0 aliphatic carbocycles. The Morgan fingerprint density at radius 3 is 3.08 bits per heavy atom. The summed E-state index contributed by atoms with van der Waals surface area (Å²) in [6.45, 7) is 6.78. The highest BCUT2D eigenvalue weighted by Gasteiger charge is 1.97. The predicted molar refractivity (Wildman–Crippen MR) is 54.6 cm³/mol. The zero-order chi connectivity index (χ0) is 9.68. The van der Waals surface area contributed by atoms with Crippen LogP contribution in [-0.2, 0) is 13.5 Å². The second-order valence-corrected chi connectivity index (χ2v) is 3.25. The van der Waals surface area contributed by atoms with E-state index in [9.17, 15) is 0 Å². The van der Waals surface area contributed by atoms with Crippen molar-refractivity contribution in [3.8, 4) is 0 Å². The van der Waals surface area contributed by atoms with Gasteiger partial charge in [-0.05, 0) is 25.5 Å². The van der Waals surface area contributed by atoms with E-state index < -0.39 is 0 Å². The number of nitrogens with one attached hydrogen (secondary N) is 1. The zero-order valence-electron chi connectivity index (χ0n) is 8.33. The van der Waals surface area contributed by atoms with Crippen LogP contribution in [0.15, 0.2) is 25.0 Å². The average molecular weight is 179 g/mol. The van der Waals surface area contributed by atoms with E-state index in [2.05, 4.69) is 23.9 Å². The fourth-order valence-electron chi connectivity index (χ4n) is 1.13. The maximum atomic E-state index is 4.10. The third-order valence-electron chi connectivity index (χ3n) is 1.99. The van der Waals surface area contributed by atoms with Crippen LogP contribution in [0.25, 0.3) is 0 Å². The van der Waals surface area contributed by atoms with Crippen molar-refractivity contribution in [1.82, 2.24) is 15.1 Å². The second kappa shape index (κ2) is 4.82. The number of nitrogens with zero attached hydrogens (tertiary/aromatic N) is 2. The number of hydrogen-bond acceptors (Lipinski definition) is 2. The van der Waals surface area contributed by atoms with Gasteiger partial charge in [-0.15, -0.1) is 6.58 Å². The van der Waals surface area contributed by atoms with Crippen molar-refractivity contribution in [3.05, 3.63) is 30.6 Å². The molecule has 0 spiro atoms. The number of aryl methyl sites for hydroxylation is 1. The van der Waals surface area contributed by atoms with Gasteiger partial charge in [0.1, 0.15) is 0 Å². The first-order valence-corrected chi connectivity index (χ1v) is 4.56. The summed E-state index contributed by atoms with van der Waals surface area (Å²) in [5.74, 6) is 0. The van der Waals surface area contributed by atoms with E-state index in [-0.39, 0.29) is 0 Å². The molecule has 0 amide bonds. The number of aromatic nitrogens is 2. The lowest BCUT2D eigenvalue weighted by Crippen LogP contribution is -2.25. The zero-order valence-corrected chi connectivity index (χ0v) is 8.33. The van der Waals surface area contributed by atoms with Crippen molar-refractivity contribution in [3.63, 3.8) is 0 Å². The van der Waals surface area contributed by atoms with Gasteiger partial charge in [0.25, 0.3) is 0 Å². The van der Waals surface area contributed by atoms with Crippen LogP contribution < -0.4 is 5.32 Å². The Bertz CT molecular complexity index is 265. The normalized spacial score (nSPS) is 12.8. The van der Waals surface area contributed by atoms with Gasteiger partial charge in [-0.1, -0.05) is 6.08 Å². The highest BCUT2D eigenvalue weighted by molar-refractivity contribution is 5.04. The Morgan fingerprint density at radius 2 is 2.54 bits per heavy atom. The van der Waals surface area contributed by atoms with Crippen LogP contribution in [0.2, 0.25) is 0 Å². The van der Waals surface area contributed by atoms with Crippen molar-refractivity contribution in [2.75, 3.05) is 6.54 Å². The van der Waals surface area contributed by atoms with Crippen LogP contribution in [0.5, 0.6) is 0 Å². The minimum Gasteiger partial charge on any atom is -0.310 e. The van der Waals surface area contributed by atoms with Crippen LogP contribution in [0.1, 0.15) is 12.5 Å². The van der Waals surface area contributed by atoms with Gasteiger partial charge in [0.15, 0.2) is 0 Å². The van der Waals surface area contributed by atoms with Gasteiger partial charge in [-0.25, -0.2) is 0 Å². The lowest BCUT2D eigenvalue weighted by Gasteiger charge is -2.07. The molecule has 1 N–H and O–H groups in total. The number of hydrogen-bond donors (Lipinski definition) is 1. The molecule has 0 radical (unpaired) electrons. The second-order valence-electron chi connectivity index (χ2n) is 3.25. The fourth-order valence-corrected chi connectivity index (χ4v) is 1.13. The van der Waals surface area contributed by atoms with Gasteiger partial charge in [0.05, 0.1) is 6.20 Å². The molecule has 1 rings (SSSR count). The maximum Gasteiger partial charge on any atom is 0.0522 e. The monoisotopic (exact) mass is 179 g/mol. The fraction of sp³-hybridized carbons (Fsp3) is 0.500. The van der Waals surface area contributed by atoms with E-state index in [1.165, 1.54) is 5.56 Å². The van der Waals surface area contributed by atoms with Crippen molar-refractivity contribution in [2.45, 2.75) is 19.4 Å². The average Bonchev–Trinajstić information content (AvgIpc) is 2.51. The Balaban J connectivity index is 2.23. The summed E-state index contributed by atoms with van der Waals surface area (Å²) < 4.78 is 1.83. The molecule has 0 saturated carbocycles. The first-order chi connectivity index (χ1) is 6.22. The molecule has 1 heterocycles. The lowest BCUT2D eigenvalue weighted by molar-refractivity contribution is 0.633. The van der Waals surface area contributed by atoms with Crippen LogP contribution in [0.3, 0.4) is 0 Å². The van der Waals surface area contributed by atoms with E-state index in [0.717, 1.165) is 13.0 Å². The molecular weight excluding hydrogens is 162 g/mol.